The van der Waals surface area contributed by atoms with Crippen LogP contribution in [0.25, 0.3) is 0 Å². The first-order chi connectivity index (χ1) is 10.1. The fourth-order valence-corrected chi connectivity index (χ4v) is 3.73. The summed E-state index contributed by atoms with van der Waals surface area (Å²) in [6.07, 6.45) is -1.78. The van der Waals surface area contributed by atoms with E-state index in [9.17, 15) is 22.0 Å². The molecule has 1 rings (SSSR count). The molecule has 22 heavy (non-hydrogen) atoms. The molecule has 0 amide bonds. The largest absolute Gasteiger partial charge is 0.480 e. The summed E-state index contributed by atoms with van der Waals surface area (Å²) in [5, 5.41) is 12.0. The fraction of sp³-hybridized carbons (Fsp3) is 0.667. The summed E-state index contributed by atoms with van der Waals surface area (Å²) in [6, 6.07) is -1.37. The number of hydrogen-bond donors (Lipinski definition) is 2. The second-order valence-electron chi connectivity index (χ2n) is 4.88. The van der Waals surface area contributed by atoms with Crippen LogP contribution in [0, 0.1) is 6.92 Å². The molecule has 10 heteroatoms. The molecule has 0 aromatic carbocycles. The Morgan fingerprint density at radius 3 is 2.50 bits per heavy atom. The number of halogens is 2. The molecular formula is C12H19F2N3O4S. The molecule has 0 spiro atoms. The second-order valence-corrected chi connectivity index (χ2v) is 6.51. The average Bonchev–Trinajstić information content (AvgIpc) is 2.69. The Kier molecular flexibility index (Phi) is 6.00. The maximum Gasteiger partial charge on any atom is 0.321 e. The minimum Gasteiger partial charge on any atom is -0.480 e. The van der Waals surface area contributed by atoms with Crippen LogP contribution >= 0.6 is 0 Å². The van der Waals surface area contributed by atoms with Crippen LogP contribution in [0.1, 0.15) is 43.9 Å². The van der Waals surface area contributed by atoms with Gasteiger partial charge < -0.3 is 5.11 Å². The molecule has 1 heterocycles. The van der Waals surface area contributed by atoms with E-state index in [1.165, 1.54) is 14.0 Å². The Bertz CT molecular complexity index is 643. The monoisotopic (exact) mass is 339 g/mol. The Morgan fingerprint density at radius 2 is 2.05 bits per heavy atom. The number of rotatable bonds is 8. The molecule has 1 aromatic rings. The van der Waals surface area contributed by atoms with Crippen molar-refractivity contribution in [1.29, 1.82) is 0 Å². The Morgan fingerprint density at radius 1 is 1.45 bits per heavy atom. The normalized spacial score (nSPS) is 13.5. The Balaban J connectivity index is 3.21. The van der Waals surface area contributed by atoms with E-state index < -0.39 is 39.0 Å². The lowest BCUT2D eigenvalue weighted by atomic mass is 10.1. The predicted molar refractivity (Wildman–Crippen MR) is 74.2 cm³/mol. The molecule has 0 aliphatic heterocycles. The van der Waals surface area contributed by atoms with E-state index in [-0.39, 0.29) is 12.1 Å². The molecule has 1 unspecified atom stereocenters. The SMILES string of the molecule is CCCCC(NS(=O)(=O)c1c(C(F)F)c(C)nn1C)C(=O)O. The second kappa shape index (κ2) is 7.14. The number of nitrogens with one attached hydrogen (secondary N) is 1. The summed E-state index contributed by atoms with van der Waals surface area (Å²) in [5.41, 5.74) is -0.826. The third kappa shape index (κ3) is 4.01. The summed E-state index contributed by atoms with van der Waals surface area (Å²) < 4.78 is 53.5. The molecule has 1 atom stereocenters. The van der Waals surface area contributed by atoms with Crippen molar-refractivity contribution in [2.75, 3.05) is 0 Å². The molecule has 0 fully saturated rings. The van der Waals surface area contributed by atoms with Gasteiger partial charge in [0.05, 0.1) is 11.3 Å². The van der Waals surface area contributed by atoms with Crippen molar-refractivity contribution in [3.05, 3.63) is 11.3 Å². The lowest BCUT2D eigenvalue weighted by molar-refractivity contribution is -0.139. The first-order valence-corrected chi connectivity index (χ1v) is 8.16. The molecule has 0 saturated heterocycles. The van der Waals surface area contributed by atoms with E-state index in [2.05, 4.69) is 5.10 Å². The quantitative estimate of drug-likeness (QED) is 0.749. The third-order valence-corrected chi connectivity index (χ3v) is 4.72. The summed E-state index contributed by atoms with van der Waals surface area (Å²) >= 11 is 0. The van der Waals surface area contributed by atoms with Crippen LogP contribution in [-0.2, 0) is 21.9 Å². The molecular weight excluding hydrogens is 320 g/mol. The minimum atomic E-state index is -4.43. The van der Waals surface area contributed by atoms with Gasteiger partial charge in [-0.05, 0) is 13.3 Å². The smallest absolute Gasteiger partial charge is 0.321 e. The number of aryl methyl sites for hydroxylation is 2. The minimum absolute atomic E-state index is 0.0753. The number of unbranched alkanes of at least 4 members (excludes halogenated alkanes) is 1. The molecule has 2 N–H and O–H groups in total. The maximum atomic E-state index is 13.1. The van der Waals surface area contributed by atoms with Crippen molar-refractivity contribution in [1.82, 2.24) is 14.5 Å². The molecule has 0 aliphatic rings. The van der Waals surface area contributed by atoms with Crippen molar-refractivity contribution < 1.29 is 27.1 Å². The average molecular weight is 339 g/mol. The summed E-state index contributed by atoms with van der Waals surface area (Å²) in [5.74, 6) is -1.35. The van der Waals surface area contributed by atoms with Gasteiger partial charge in [-0.2, -0.15) is 9.82 Å². The lowest BCUT2D eigenvalue weighted by Gasteiger charge is -2.15. The van der Waals surface area contributed by atoms with Crippen LogP contribution in [0.3, 0.4) is 0 Å². The molecule has 0 radical (unpaired) electrons. The zero-order valence-electron chi connectivity index (χ0n) is 12.5. The number of sulfonamides is 1. The first-order valence-electron chi connectivity index (χ1n) is 6.68. The van der Waals surface area contributed by atoms with Gasteiger partial charge in [0.2, 0.25) is 0 Å². The maximum absolute atomic E-state index is 13.1. The fourth-order valence-electron chi connectivity index (χ4n) is 2.11. The lowest BCUT2D eigenvalue weighted by Crippen LogP contribution is -2.41. The zero-order valence-corrected chi connectivity index (χ0v) is 13.3. The van der Waals surface area contributed by atoms with E-state index in [4.69, 9.17) is 5.11 Å². The molecule has 1 aromatic heterocycles. The predicted octanol–water partition coefficient (Wildman–Crippen LogP) is 1.59. The highest BCUT2D eigenvalue weighted by Gasteiger charge is 2.33. The van der Waals surface area contributed by atoms with Crippen molar-refractivity contribution in [3.63, 3.8) is 0 Å². The van der Waals surface area contributed by atoms with Gasteiger partial charge in [0, 0.05) is 7.05 Å². The van der Waals surface area contributed by atoms with Crippen molar-refractivity contribution >= 4 is 16.0 Å². The van der Waals surface area contributed by atoms with E-state index in [1.807, 2.05) is 11.6 Å². The number of alkyl halides is 2. The standard InChI is InChI=1S/C12H19F2N3O4S/c1-4-5-6-8(12(18)19)16-22(20,21)11-9(10(13)14)7(2)15-17(11)3/h8,10,16H,4-6H2,1-3H3,(H,18,19). The van der Waals surface area contributed by atoms with Crippen LogP contribution in [0.4, 0.5) is 8.78 Å². The molecule has 0 aliphatic carbocycles. The van der Waals surface area contributed by atoms with Gasteiger partial charge in [-0.1, -0.05) is 19.8 Å². The zero-order chi connectivity index (χ0) is 17.1. The third-order valence-electron chi connectivity index (χ3n) is 3.13. The van der Waals surface area contributed by atoms with Gasteiger partial charge in [-0.15, -0.1) is 0 Å². The van der Waals surface area contributed by atoms with E-state index in [1.54, 1.807) is 0 Å². The van der Waals surface area contributed by atoms with Crippen molar-refractivity contribution in [2.45, 2.75) is 50.6 Å². The Labute approximate surface area is 127 Å². The number of nitrogens with zero attached hydrogens (tertiary/aromatic N) is 2. The van der Waals surface area contributed by atoms with Crippen LogP contribution in [0.15, 0.2) is 5.03 Å². The van der Waals surface area contributed by atoms with Gasteiger partial charge in [0.1, 0.15) is 6.04 Å². The van der Waals surface area contributed by atoms with Crippen LogP contribution in [0.2, 0.25) is 0 Å². The molecule has 0 saturated carbocycles. The highest BCUT2D eigenvalue weighted by molar-refractivity contribution is 7.89. The summed E-state index contributed by atoms with van der Waals surface area (Å²) in [4.78, 5) is 11.1. The molecule has 0 bridgehead atoms. The highest BCUT2D eigenvalue weighted by Crippen LogP contribution is 2.29. The van der Waals surface area contributed by atoms with Gasteiger partial charge in [0.25, 0.3) is 16.4 Å². The number of carboxylic acids is 1. The van der Waals surface area contributed by atoms with Crippen molar-refractivity contribution in [2.24, 2.45) is 7.05 Å². The summed E-state index contributed by atoms with van der Waals surface area (Å²) in [6.45, 7) is 3.10. The van der Waals surface area contributed by atoms with E-state index in [0.29, 0.717) is 12.8 Å². The summed E-state index contributed by atoms with van der Waals surface area (Å²) in [7, 11) is -3.21. The number of carboxylic acid groups (broad SMARTS) is 1. The topological polar surface area (TPSA) is 101 Å². The van der Waals surface area contributed by atoms with Gasteiger partial charge in [-0.25, -0.2) is 17.2 Å². The molecule has 126 valence electrons. The Hall–Kier alpha value is -1.55. The van der Waals surface area contributed by atoms with Gasteiger partial charge >= 0.3 is 5.97 Å². The number of aromatic nitrogens is 2. The first kappa shape index (κ1) is 18.5. The number of aliphatic carboxylic acids is 1. The van der Waals surface area contributed by atoms with Gasteiger partial charge in [0.15, 0.2) is 5.03 Å². The number of carbonyl (C=O) groups is 1. The molecule has 7 nitrogen and oxygen atoms in total. The number of hydrogen-bond acceptors (Lipinski definition) is 4. The van der Waals surface area contributed by atoms with Crippen LogP contribution < -0.4 is 4.72 Å². The van der Waals surface area contributed by atoms with E-state index in [0.717, 1.165) is 4.68 Å². The van der Waals surface area contributed by atoms with Crippen LogP contribution in [-0.4, -0.2) is 35.3 Å². The van der Waals surface area contributed by atoms with E-state index >= 15 is 0 Å². The van der Waals surface area contributed by atoms with Gasteiger partial charge in [-0.3, -0.25) is 9.48 Å². The van der Waals surface area contributed by atoms with Crippen LogP contribution in [0.5, 0.6) is 0 Å². The van der Waals surface area contributed by atoms with Crippen molar-refractivity contribution in [3.8, 4) is 0 Å². The highest BCUT2D eigenvalue weighted by atomic mass is 32.2.